The smallest absolute Gasteiger partial charge is 0.218 e. The van der Waals surface area contributed by atoms with Crippen LogP contribution in [0.1, 0.15) is 75.3 Å². The lowest BCUT2D eigenvalue weighted by Gasteiger charge is -2.32. The average Bonchev–Trinajstić information content (AvgIpc) is 3.13. The Labute approximate surface area is 196 Å². The van der Waals surface area contributed by atoms with E-state index in [2.05, 4.69) is 23.8 Å². The van der Waals surface area contributed by atoms with E-state index in [1.807, 2.05) is 36.4 Å². The van der Waals surface area contributed by atoms with Gasteiger partial charge in [-0.15, -0.1) is 0 Å². The highest BCUT2D eigenvalue weighted by atomic mass is 16.5. The van der Waals surface area contributed by atoms with Gasteiger partial charge in [0.05, 0.1) is 29.9 Å². The van der Waals surface area contributed by atoms with Crippen molar-refractivity contribution in [1.82, 2.24) is 4.98 Å². The number of ketones is 1. The fraction of sp³-hybridized carbons (Fsp3) is 0.519. The van der Waals surface area contributed by atoms with Crippen molar-refractivity contribution in [2.24, 2.45) is 4.99 Å². The van der Waals surface area contributed by atoms with Crippen molar-refractivity contribution in [2.45, 2.75) is 89.8 Å². The van der Waals surface area contributed by atoms with Gasteiger partial charge in [-0.3, -0.25) is 9.78 Å². The highest BCUT2D eigenvalue weighted by Crippen LogP contribution is 2.32. The minimum absolute atomic E-state index is 0.0546. The summed E-state index contributed by atoms with van der Waals surface area (Å²) < 4.78 is 12.0. The van der Waals surface area contributed by atoms with E-state index in [0.29, 0.717) is 12.4 Å². The maximum Gasteiger partial charge on any atom is 0.218 e. The molecular formula is C27H34N2O4. The van der Waals surface area contributed by atoms with E-state index in [9.17, 15) is 9.90 Å². The Hall–Kier alpha value is -2.57. The summed E-state index contributed by atoms with van der Waals surface area (Å²) in [6.45, 7) is 8.19. The van der Waals surface area contributed by atoms with Gasteiger partial charge in [0, 0.05) is 43.5 Å². The molecule has 0 spiro atoms. The predicted molar refractivity (Wildman–Crippen MR) is 127 cm³/mol. The van der Waals surface area contributed by atoms with Crippen molar-refractivity contribution in [2.75, 3.05) is 0 Å². The number of rotatable bonds is 7. The second kappa shape index (κ2) is 9.74. The molecule has 0 amide bonds. The first-order chi connectivity index (χ1) is 15.7. The SMILES string of the molecule is CC1CC(OC2=NCc3cc(CC(=O)C[C@@H](c4ccccc4)C(C)(C)O)ncc32)CC(C)O1. The van der Waals surface area contributed by atoms with Gasteiger partial charge in [0.25, 0.3) is 0 Å². The minimum atomic E-state index is -0.998. The molecule has 2 aliphatic heterocycles. The molecule has 1 aromatic heterocycles. The van der Waals surface area contributed by atoms with Crippen LogP contribution in [0.15, 0.2) is 47.6 Å². The number of carbonyl (C=O) groups excluding carboxylic acids is 1. The van der Waals surface area contributed by atoms with E-state index in [1.165, 1.54) is 0 Å². The minimum Gasteiger partial charge on any atom is -0.474 e. The van der Waals surface area contributed by atoms with Crippen LogP contribution in [-0.4, -0.2) is 45.7 Å². The van der Waals surface area contributed by atoms with Crippen molar-refractivity contribution in [3.8, 4) is 0 Å². The number of nitrogens with zero attached hydrogens (tertiary/aromatic N) is 2. The Bertz CT molecular complexity index is 1000. The number of aromatic nitrogens is 1. The lowest BCUT2D eigenvalue weighted by molar-refractivity contribution is -0.120. The number of pyridine rings is 1. The number of carbonyl (C=O) groups is 1. The molecule has 0 radical (unpaired) electrons. The average molecular weight is 451 g/mol. The number of fused-ring (bicyclic) bond motifs is 1. The summed E-state index contributed by atoms with van der Waals surface area (Å²) in [4.78, 5) is 22.0. The second-order valence-corrected chi connectivity index (χ2v) is 9.96. The van der Waals surface area contributed by atoms with Gasteiger partial charge >= 0.3 is 0 Å². The molecule has 3 atom stereocenters. The van der Waals surface area contributed by atoms with Gasteiger partial charge in [-0.1, -0.05) is 30.3 Å². The van der Waals surface area contributed by atoms with Crippen LogP contribution in [0, 0.1) is 0 Å². The number of aliphatic imine (C=N–C) groups is 1. The third kappa shape index (κ3) is 5.87. The molecule has 0 aliphatic carbocycles. The van der Waals surface area contributed by atoms with Gasteiger partial charge < -0.3 is 14.6 Å². The van der Waals surface area contributed by atoms with E-state index in [1.54, 1.807) is 20.0 Å². The lowest BCUT2D eigenvalue weighted by Crippen LogP contribution is -2.35. The second-order valence-electron chi connectivity index (χ2n) is 9.96. The zero-order chi connectivity index (χ0) is 23.6. The molecule has 2 unspecified atom stereocenters. The standard InChI is InChI=1S/C27H34N2O4/c1-17-10-23(11-18(2)32-17)33-26-24-16-28-21(12-20(24)15-29-26)13-22(30)14-25(27(3,4)31)19-8-6-5-7-9-19/h5-9,12,16-18,23,25,31H,10-11,13-15H2,1-4H3/t17?,18?,23?,25-/m0/s1. The van der Waals surface area contributed by atoms with E-state index in [0.717, 1.165) is 35.2 Å². The molecule has 1 N–H and O–H groups in total. The molecule has 1 aromatic carbocycles. The van der Waals surface area contributed by atoms with E-state index >= 15 is 0 Å². The third-order valence-electron chi connectivity index (χ3n) is 6.47. The number of hydrogen-bond donors (Lipinski definition) is 1. The normalized spacial score (nSPS) is 23.5. The van der Waals surface area contributed by atoms with Gasteiger partial charge in [0.15, 0.2) is 0 Å². The van der Waals surface area contributed by atoms with Crippen LogP contribution in [0.25, 0.3) is 0 Å². The van der Waals surface area contributed by atoms with Gasteiger partial charge in [-0.25, -0.2) is 4.99 Å². The topological polar surface area (TPSA) is 81.0 Å². The van der Waals surface area contributed by atoms with Gasteiger partial charge in [0.1, 0.15) is 11.9 Å². The van der Waals surface area contributed by atoms with Gasteiger partial charge in [-0.05, 0) is 44.9 Å². The van der Waals surface area contributed by atoms with Crippen molar-refractivity contribution in [1.29, 1.82) is 0 Å². The zero-order valence-corrected chi connectivity index (χ0v) is 20.0. The molecule has 6 heteroatoms. The van der Waals surface area contributed by atoms with Crippen LogP contribution in [0.2, 0.25) is 0 Å². The maximum atomic E-state index is 12.9. The van der Waals surface area contributed by atoms with Crippen LogP contribution in [-0.2, 0) is 27.2 Å². The summed E-state index contributed by atoms with van der Waals surface area (Å²) in [6, 6.07) is 11.7. The summed E-state index contributed by atoms with van der Waals surface area (Å²) in [6.07, 6.45) is 4.41. The van der Waals surface area contributed by atoms with Crippen LogP contribution in [0.4, 0.5) is 0 Å². The van der Waals surface area contributed by atoms with Crippen molar-refractivity contribution in [3.05, 3.63) is 65.0 Å². The molecule has 176 valence electrons. The maximum absolute atomic E-state index is 12.9. The lowest BCUT2D eigenvalue weighted by atomic mass is 9.80. The number of Topliss-reactive ketones (excluding diaryl/α,β-unsaturated/α-hetero) is 1. The largest absolute Gasteiger partial charge is 0.474 e. The zero-order valence-electron chi connectivity index (χ0n) is 20.0. The first-order valence-corrected chi connectivity index (χ1v) is 11.8. The van der Waals surface area contributed by atoms with Crippen LogP contribution < -0.4 is 0 Å². The Morgan fingerprint density at radius 1 is 1.21 bits per heavy atom. The summed E-state index contributed by atoms with van der Waals surface area (Å²) in [5.74, 6) is 0.431. The predicted octanol–water partition coefficient (Wildman–Crippen LogP) is 4.37. The number of aliphatic hydroxyl groups is 1. The Morgan fingerprint density at radius 2 is 1.91 bits per heavy atom. The number of benzene rings is 1. The summed E-state index contributed by atoms with van der Waals surface area (Å²) in [7, 11) is 0. The molecule has 33 heavy (non-hydrogen) atoms. The van der Waals surface area contributed by atoms with Crippen LogP contribution in [0.3, 0.4) is 0 Å². The van der Waals surface area contributed by atoms with Crippen LogP contribution >= 0.6 is 0 Å². The quantitative estimate of drug-likeness (QED) is 0.677. The van der Waals surface area contributed by atoms with Gasteiger partial charge in [0.2, 0.25) is 5.90 Å². The summed E-state index contributed by atoms with van der Waals surface area (Å²) in [5.41, 5.74) is 2.65. The fourth-order valence-corrected chi connectivity index (χ4v) is 4.87. The van der Waals surface area contributed by atoms with Crippen molar-refractivity contribution < 1.29 is 19.4 Å². The van der Waals surface area contributed by atoms with Crippen molar-refractivity contribution >= 4 is 11.7 Å². The molecule has 6 nitrogen and oxygen atoms in total. The highest BCUT2D eigenvalue weighted by molar-refractivity contribution is 5.97. The van der Waals surface area contributed by atoms with E-state index in [-0.39, 0.29) is 42.9 Å². The molecular weight excluding hydrogens is 416 g/mol. The Morgan fingerprint density at radius 3 is 2.58 bits per heavy atom. The Balaban J connectivity index is 1.40. The summed E-state index contributed by atoms with van der Waals surface area (Å²) >= 11 is 0. The molecule has 0 saturated carbocycles. The molecule has 0 bridgehead atoms. The number of ether oxygens (including phenoxy) is 2. The molecule has 4 rings (SSSR count). The fourth-order valence-electron chi connectivity index (χ4n) is 4.87. The van der Waals surface area contributed by atoms with Gasteiger partial charge in [-0.2, -0.15) is 0 Å². The molecule has 1 fully saturated rings. The highest BCUT2D eigenvalue weighted by Gasteiger charge is 2.31. The first-order valence-electron chi connectivity index (χ1n) is 11.8. The molecule has 1 saturated heterocycles. The first kappa shape index (κ1) is 23.6. The molecule has 2 aromatic rings. The molecule has 3 heterocycles. The summed E-state index contributed by atoms with van der Waals surface area (Å²) in [5, 5.41) is 10.7. The third-order valence-corrected chi connectivity index (χ3v) is 6.47. The van der Waals surface area contributed by atoms with E-state index in [4.69, 9.17) is 9.47 Å². The number of hydrogen-bond acceptors (Lipinski definition) is 6. The van der Waals surface area contributed by atoms with Crippen LogP contribution in [0.5, 0.6) is 0 Å². The van der Waals surface area contributed by atoms with E-state index < -0.39 is 5.60 Å². The molecule has 2 aliphatic rings. The monoisotopic (exact) mass is 450 g/mol. The van der Waals surface area contributed by atoms with Crippen molar-refractivity contribution in [3.63, 3.8) is 0 Å². The Kier molecular flexibility index (Phi) is 6.96.